The number of nitrogens with zero attached hydrogens (tertiary/aromatic N) is 1. The highest BCUT2D eigenvalue weighted by molar-refractivity contribution is 5.82. The molecule has 1 aliphatic carbocycles. The van der Waals surface area contributed by atoms with Crippen molar-refractivity contribution in [2.45, 2.75) is 24.8 Å². The van der Waals surface area contributed by atoms with Gasteiger partial charge in [-0.1, -0.05) is 36.4 Å². The van der Waals surface area contributed by atoms with Crippen LogP contribution in [-0.4, -0.2) is 4.57 Å². The number of benzene rings is 2. The molecule has 100 valence electrons. The number of rotatable bonds is 2. The third-order valence-electron chi connectivity index (χ3n) is 4.45. The monoisotopic (exact) mass is 265 g/mol. The van der Waals surface area contributed by atoms with E-state index in [9.17, 15) is 4.39 Å². The van der Waals surface area contributed by atoms with Crippen LogP contribution in [0.15, 0.2) is 60.9 Å². The maximum atomic E-state index is 12.9. The summed E-state index contributed by atoms with van der Waals surface area (Å²) in [6, 6.07) is 16.0. The Morgan fingerprint density at radius 1 is 0.850 bits per heavy atom. The second kappa shape index (κ2) is 4.48. The molecule has 2 heteroatoms. The van der Waals surface area contributed by atoms with Crippen molar-refractivity contribution in [1.82, 2.24) is 4.57 Å². The van der Waals surface area contributed by atoms with Crippen molar-refractivity contribution in [2.24, 2.45) is 0 Å². The van der Waals surface area contributed by atoms with Gasteiger partial charge in [-0.3, -0.25) is 0 Å². The van der Waals surface area contributed by atoms with E-state index >= 15 is 0 Å². The Balaban J connectivity index is 1.51. The van der Waals surface area contributed by atoms with Crippen molar-refractivity contribution in [3.63, 3.8) is 0 Å². The summed E-state index contributed by atoms with van der Waals surface area (Å²) in [6.45, 7) is 0. The van der Waals surface area contributed by atoms with Crippen LogP contribution in [0.1, 0.15) is 30.4 Å². The molecule has 20 heavy (non-hydrogen) atoms. The minimum Gasteiger partial charge on any atom is -0.350 e. The molecule has 1 heterocycles. The molecule has 1 aromatic heterocycles. The van der Waals surface area contributed by atoms with Crippen molar-refractivity contribution in [3.05, 3.63) is 72.3 Å². The number of hydrogen-bond acceptors (Lipinski definition) is 0. The fraction of sp³-hybridized carbons (Fsp3) is 0.222. The third-order valence-corrected chi connectivity index (χ3v) is 4.45. The second-order valence-corrected chi connectivity index (χ2v) is 5.71. The lowest BCUT2D eigenvalue weighted by Gasteiger charge is -2.36. The predicted molar refractivity (Wildman–Crippen MR) is 79.4 cm³/mol. The van der Waals surface area contributed by atoms with Crippen molar-refractivity contribution >= 4 is 10.8 Å². The molecule has 0 spiro atoms. The van der Waals surface area contributed by atoms with Gasteiger partial charge in [-0.15, -0.1) is 0 Å². The SMILES string of the molecule is Fc1ccc(C2CC(n3cc4ccccc4c3)C2)cc1. The van der Waals surface area contributed by atoms with Gasteiger partial charge in [0.25, 0.3) is 0 Å². The summed E-state index contributed by atoms with van der Waals surface area (Å²) < 4.78 is 15.3. The molecular formula is C18H16FN. The summed E-state index contributed by atoms with van der Waals surface area (Å²) in [5.74, 6) is 0.424. The average molecular weight is 265 g/mol. The van der Waals surface area contributed by atoms with Gasteiger partial charge in [0, 0.05) is 18.4 Å². The molecular weight excluding hydrogens is 249 g/mol. The first kappa shape index (κ1) is 11.7. The average Bonchev–Trinajstić information content (AvgIpc) is 2.82. The van der Waals surface area contributed by atoms with Gasteiger partial charge in [0.15, 0.2) is 0 Å². The van der Waals surface area contributed by atoms with E-state index in [4.69, 9.17) is 0 Å². The Bertz CT molecular complexity index is 702. The molecule has 0 radical (unpaired) electrons. The van der Waals surface area contributed by atoms with E-state index in [-0.39, 0.29) is 5.82 Å². The summed E-state index contributed by atoms with van der Waals surface area (Å²) in [6.07, 6.45) is 6.76. The van der Waals surface area contributed by atoms with E-state index in [0.717, 1.165) is 12.8 Å². The molecule has 2 aromatic carbocycles. The predicted octanol–water partition coefficient (Wildman–Crippen LogP) is 4.90. The molecule has 1 fully saturated rings. The summed E-state index contributed by atoms with van der Waals surface area (Å²) >= 11 is 0. The van der Waals surface area contributed by atoms with E-state index in [1.807, 2.05) is 12.1 Å². The maximum absolute atomic E-state index is 12.9. The maximum Gasteiger partial charge on any atom is 0.123 e. The summed E-state index contributed by atoms with van der Waals surface area (Å²) in [5, 5.41) is 2.61. The van der Waals surface area contributed by atoms with Crippen LogP contribution in [-0.2, 0) is 0 Å². The van der Waals surface area contributed by atoms with E-state index in [0.29, 0.717) is 12.0 Å². The Labute approximate surface area is 117 Å². The molecule has 1 nitrogen and oxygen atoms in total. The van der Waals surface area contributed by atoms with Gasteiger partial charge in [-0.25, -0.2) is 4.39 Å². The van der Waals surface area contributed by atoms with Crippen molar-refractivity contribution < 1.29 is 4.39 Å². The van der Waals surface area contributed by atoms with E-state index in [2.05, 4.69) is 41.2 Å². The lowest BCUT2D eigenvalue weighted by Crippen LogP contribution is -2.24. The number of halogens is 1. The Kier molecular flexibility index (Phi) is 2.62. The molecule has 0 aliphatic heterocycles. The molecule has 0 bridgehead atoms. The van der Waals surface area contributed by atoms with Crippen LogP contribution in [0, 0.1) is 5.82 Å². The quantitative estimate of drug-likeness (QED) is 0.621. The minimum atomic E-state index is -0.152. The standard InChI is InChI=1S/C18H16FN/c19-17-7-5-13(6-8-17)16-9-18(10-16)20-11-14-3-1-2-4-15(14)12-20/h1-8,11-12,16,18H,9-10H2. The Morgan fingerprint density at radius 2 is 1.45 bits per heavy atom. The first-order valence-corrected chi connectivity index (χ1v) is 7.11. The fourth-order valence-electron chi connectivity index (χ4n) is 3.15. The van der Waals surface area contributed by atoms with Crippen molar-refractivity contribution in [3.8, 4) is 0 Å². The zero-order valence-electron chi connectivity index (χ0n) is 11.2. The van der Waals surface area contributed by atoms with Gasteiger partial charge < -0.3 is 4.57 Å². The van der Waals surface area contributed by atoms with Crippen LogP contribution in [0.2, 0.25) is 0 Å². The van der Waals surface area contributed by atoms with Gasteiger partial charge in [-0.05, 0) is 47.2 Å². The highest BCUT2D eigenvalue weighted by Gasteiger charge is 2.31. The van der Waals surface area contributed by atoms with Crippen LogP contribution < -0.4 is 0 Å². The molecule has 3 aromatic rings. The van der Waals surface area contributed by atoms with Gasteiger partial charge in [0.1, 0.15) is 5.82 Å². The zero-order chi connectivity index (χ0) is 13.5. The van der Waals surface area contributed by atoms with Gasteiger partial charge >= 0.3 is 0 Å². The molecule has 1 aliphatic rings. The van der Waals surface area contributed by atoms with Crippen LogP contribution in [0.3, 0.4) is 0 Å². The fourth-order valence-corrected chi connectivity index (χ4v) is 3.15. The second-order valence-electron chi connectivity index (χ2n) is 5.71. The van der Waals surface area contributed by atoms with Crippen LogP contribution in [0.25, 0.3) is 10.8 Å². The van der Waals surface area contributed by atoms with Gasteiger partial charge in [-0.2, -0.15) is 0 Å². The smallest absolute Gasteiger partial charge is 0.123 e. The highest BCUT2D eigenvalue weighted by Crippen LogP contribution is 2.45. The summed E-state index contributed by atoms with van der Waals surface area (Å²) in [4.78, 5) is 0. The van der Waals surface area contributed by atoms with E-state index in [1.165, 1.54) is 16.3 Å². The first-order valence-electron chi connectivity index (χ1n) is 7.11. The molecule has 0 unspecified atom stereocenters. The number of aromatic nitrogens is 1. The molecule has 4 rings (SSSR count). The molecule has 0 amide bonds. The van der Waals surface area contributed by atoms with E-state index < -0.39 is 0 Å². The largest absolute Gasteiger partial charge is 0.350 e. The lowest BCUT2D eigenvalue weighted by molar-refractivity contribution is 0.266. The molecule has 0 N–H and O–H groups in total. The Morgan fingerprint density at radius 3 is 2.05 bits per heavy atom. The number of fused-ring (bicyclic) bond motifs is 1. The Hall–Kier alpha value is -2.09. The lowest BCUT2D eigenvalue weighted by atomic mass is 9.76. The van der Waals surface area contributed by atoms with Gasteiger partial charge in [0.05, 0.1) is 0 Å². The minimum absolute atomic E-state index is 0.152. The zero-order valence-corrected chi connectivity index (χ0v) is 11.2. The normalized spacial score (nSPS) is 21.9. The molecule has 0 saturated heterocycles. The molecule has 0 atom stereocenters. The van der Waals surface area contributed by atoms with Crippen molar-refractivity contribution in [2.75, 3.05) is 0 Å². The summed E-state index contributed by atoms with van der Waals surface area (Å²) in [5.41, 5.74) is 1.26. The van der Waals surface area contributed by atoms with Gasteiger partial charge in [0.2, 0.25) is 0 Å². The van der Waals surface area contributed by atoms with Crippen LogP contribution >= 0.6 is 0 Å². The molecule has 1 saturated carbocycles. The van der Waals surface area contributed by atoms with Crippen LogP contribution in [0.5, 0.6) is 0 Å². The topological polar surface area (TPSA) is 4.93 Å². The number of hydrogen-bond donors (Lipinski definition) is 0. The summed E-state index contributed by atoms with van der Waals surface area (Å²) in [7, 11) is 0. The first-order chi connectivity index (χ1) is 9.79. The highest BCUT2D eigenvalue weighted by atomic mass is 19.1. The van der Waals surface area contributed by atoms with Crippen LogP contribution in [0.4, 0.5) is 4.39 Å². The van der Waals surface area contributed by atoms with Crippen molar-refractivity contribution in [1.29, 1.82) is 0 Å². The third kappa shape index (κ3) is 1.92. The van der Waals surface area contributed by atoms with E-state index in [1.54, 1.807) is 12.1 Å².